The number of anilines is 1. The second-order valence-electron chi connectivity index (χ2n) is 6.97. The Hall–Kier alpha value is -1.76. The Morgan fingerprint density at radius 1 is 1.21 bits per heavy atom. The number of carbonyl (C=O) groups excluding carboxylic acids is 1. The van der Waals surface area contributed by atoms with E-state index in [0.29, 0.717) is 17.2 Å². The largest absolute Gasteiger partial charge is 0.338 e. The Balaban J connectivity index is 1.35. The number of nitrogens with one attached hydrogen (secondary N) is 2. The van der Waals surface area contributed by atoms with Gasteiger partial charge in [-0.25, -0.2) is 18.6 Å². The number of rotatable bonds is 3. The molecule has 2 bridgehead atoms. The van der Waals surface area contributed by atoms with Crippen LogP contribution in [-0.4, -0.2) is 17.6 Å². The molecule has 0 aliphatic heterocycles. The molecule has 0 spiro atoms. The molecule has 0 radical (unpaired) electrons. The Labute approximate surface area is 142 Å². The molecule has 2 aliphatic rings. The van der Waals surface area contributed by atoms with Crippen LogP contribution in [0.5, 0.6) is 0 Å². The van der Waals surface area contributed by atoms with Gasteiger partial charge in [0.05, 0.1) is 4.70 Å². The number of nitrogens with zero attached hydrogens (tertiary/aromatic N) is 1. The number of aromatic nitrogens is 1. The highest BCUT2D eigenvalue weighted by atomic mass is 32.1. The Morgan fingerprint density at radius 2 is 1.96 bits per heavy atom. The maximum absolute atomic E-state index is 13.6. The topological polar surface area (TPSA) is 54.0 Å². The van der Waals surface area contributed by atoms with E-state index in [9.17, 15) is 13.6 Å². The van der Waals surface area contributed by atoms with Crippen LogP contribution in [0.25, 0.3) is 10.2 Å². The smallest absolute Gasteiger partial charge is 0.321 e. The van der Waals surface area contributed by atoms with Crippen LogP contribution in [0.3, 0.4) is 0 Å². The molecule has 2 atom stereocenters. The van der Waals surface area contributed by atoms with E-state index >= 15 is 0 Å². The minimum absolute atomic E-state index is 0.0838. The zero-order valence-corrected chi connectivity index (χ0v) is 14.0. The van der Waals surface area contributed by atoms with Gasteiger partial charge in [-0.1, -0.05) is 24.2 Å². The summed E-state index contributed by atoms with van der Waals surface area (Å²) in [6.45, 7) is 0.659. The second kappa shape index (κ2) is 6.27. The minimum atomic E-state index is -0.715. The molecule has 128 valence electrons. The molecule has 2 saturated carbocycles. The lowest BCUT2D eigenvalue weighted by Gasteiger charge is -2.27. The van der Waals surface area contributed by atoms with Crippen LogP contribution in [0.1, 0.15) is 32.1 Å². The fourth-order valence-corrected chi connectivity index (χ4v) is 5.10. The summed E-state index contributed by atoms with van der Waals surface area (Å²) in [6.07, 6.45) is 6.42. The molecule has 2 fully saturated rings. The van der Waals surface area contributed by atoms with Gasteiger partial charge in [0, 0.05) is 12.6 Å². The molecular weight excluding hydrogens is 332 g/mol. The lowest BCUT2D eigenvalue weighted by Crippen LogP contribution is -2.35. The number of halogens is 2. The normalized spacial score (nSPS) is 25.8. The summed E-state index contributed by atoms with van der Waals surface area (Å²) in [6, 6.07) is 1.67. The SMILES string of the molecule is O=C(NCC1CC2CCC(C2)C1)Nc1nc2c(F)cc(F)cc2s1. The van der Waals surface area contributed by atoms with Crippen LogP contribution >= 0.6 is 11.3 Å². The van der Waals surface area contributed by atoms with Crippen LogP contribution in [0.2, 0.25) is 0 Å². The molecule has 1 aromatic carbocycles. The third kappa shape index (κ3) is 3.22. The van der Waals surface area contributed by atoms with E-state index in [4.69, 9.17) is 0 Å². The van der Waals surface area contributed by atoms with Gasteiger partial charge in [-0.05, 0) is 43.1 Å². The third-order valence-electron chi connectivity index (χ3n) is 5.17. The van der Waals surface area contributed by atoms with E-state index < -0.39 is 11.6 Å². The summed E-state index contributed by atoms with van der Waals surface area (Å²) in [7, 11) is 0. The molecule has 2 unspecified atom stereocenters. The predicted octanol–water partition coefficient (Wildman–Crippen LogP) is 4.52. The van der Waals surface area contributed by atoms with Crippen LogP contribution in [0.4, 0.5) is 18.7 Å². The molecule has 4 nitrogen and oxygen atoms in total. The zero-order valence-electron chi connectivity index (χ0n) is 13.1. The third-order valence-corrected chi connectivity index (χ3v) is 6.09. The summed E-state index contributed by atoms with van der Waals surface area (Å²) < 4.78 is 27.2. The molecule has 24 heavy (non-hydrogen) atoms. The first-order valence-electron chi connectivity index (χ1n) is 8.37. The molecule has 2 N–H and O–H groups in total. The highest BCUT2D eigenvalue weighted by Gasteiger charge is 2.33. The molecule has 2 aromatic rings. The van der Waals surface area contributed by atoms with Crippen molar-refractivity contribution in [2.45, 2.75) is 32.1 Å². The van der Waals surface area contributed by atoms with E-state index in [1.807, 2.05) is 0 Å². The number of amides is 2. The number of urea groups is 1. The zero-order chi connectivity index (χ0) is 16.7. The summed E-state index contributed by atoms with van der Waals surface area (Å²) in [5, 5.41) is 5.79. The maximum atomic E-state index is 13.6. The highest BCUT2D eigenvalue weighted by Crippen LogP contribution is 2.44. The van der Waals surface area contributed by atoms with Crippen molar-refractivity contribution in [1.29, 1.82) is 0 Å². The van der Waals surface area contributed by atoms with E-state index in [0.717, 1.165) is 29.2 Å². The molecule has 4 rings (SSSR count). The van der Waals surface area contributed by atoms with Crippen molar-refractivity contribution < 1.29 is 13.6 Å². The molecule has 2 aliphatic carbocycles. The monoisotopic (exact) mass is 351 g/mol. The van der Waals surface area contributed by atoms with Crippen LogP contribution < -0.4 is 10.6 Å². The predicted molar refractivity (Wildman–Crippen MR) is 90.1 cm³/mol. The van der Waals surface area contributed by atoms with Crippen molar-refractivity contribution in [3.63, 3.8) is 0 Å². The maximum Gasteiger partial charge on any atom is 0.321 e. The van der Waals surface area contributed by atoms with Gasteiger partial charge in [-0.3, -0.25) is 5.32 Å². The Morgan fingerprint density at radius 3 is 2.71 bits per heavy atom. The average molecular weight is 351 g/mol. The minimum Gasteiger partial charge on any atom is -0.338 e. The first-order valence-corrected chi connectivity index (χ1v) is 9.19. The van der Waals surface area contributed by atoms with Gasteiger partial charge in [0.25, 0.3) is 0 Å². The summed E-state index contributed by atoms with van der Waals surface area (Å²) in [5.74, 6) is 0.851. The van der Waals surface area contributed by atoms with Gasteiger partial charge in [0.2, 0.25) is 0 Å². The Bertz CT molecular complexity index is 767. The standard InChI is InChI=1S/C17H19F2N3OS/c18-12-6-13(19)15-14(7-12)24-17(21-15)22-16(23)20-8-11-4-9-1-2-10(3-9)5-11/h6-7,9-11H,1-5,8H2,(H2,20,21,22,23). The van der Waals surface area contributed by atoms with Crippen molar-refractivity contribution in [2.24, 2.45) is 17.8 Å². The molecule has 0 saturated heterocycles. The summed E-state index contributed by atoms with van der Waals surface area (Å²) in [5.41, 5.74) is 0.0838. The van der Waals surface area contributed by atoms with Gasteiger partial charge in [-0.2, -0.15) is 0 Å². The first kappa shape index (κ1) is 15.7. The number of carbonyl (C=O) groups is 1. The van der Waals surface area contributed by atoms with Gasteiger partial charge in [-0.15, -0.1) is 0 Å². The van der Waals surface area contributed by atoms with Gasteiger partial charge in [0.1, 0.15) is 11.3 Å². The number of benzene rings is 1. The van der Waals surface area contributed by atoms with Crippen molar-refractivity contribution in [2.75, 3.05) is 11.9 Å². The van der Waals surface area contributed by atoms with Gasteiger partial charge in [0.15, 0.2) is 10.9 Å². The first-order chi connectivity index (χ1) is 11.6. The summed E-state index contributed by atoms with van der Waals surface area (Å²) >= 11 is 1.06. The van der Waals surface area contributed by atoms with E-state index in [-0.39, 0.29) is 16.7 Å². The lowest BCUT2D eigenvalue weighted by atomic mass is 9.81. The number of thiazole rings is 1. The summed E-state index contributed by atoms with van der Waals surface area (Å²) in [4.78, 5) is 16.1. The Kier molecular flexibility index (Phi) is 4.12. The van der Waals surface area contributed by atoms with Crippen molar-refractivity contribution in [3.05, 3.63) is 23.8 Å². The van der Waals surface area contributed by atoms with Crippen molar-refractivity contribution in [3.8, 4) is 0 Å². The molecule has 1 aromatic heterocycles. The van der Waals surface area contributed by atoms with Gasteiger partial charge < -0.3 is 5.32 Å². The number of hydrogen-bond donors (Lipinski definition) is 2. The van der Waals surface area contributed by atoms with Crippen LogP contribution in [0.15, 0.2) is 12.1 Å². The van der Waals surface area contributed by atoms with Gasteiger partial charge >= 0.3 is 6.03 Å². The molecular formula is C17H19F2N3OS. The van der Waals surface area contributed by atoms with E-state index in [1.165, 1.54) is 38.2 Å². The fourth-order valence-electron chi connectivity index (χ4n) is 4.20. The fraction of sp³-hybridized carbons (Fsp3) is 0.529. The van der Waals surface area contributed by atoms with Crippen molar-refractivity contribution >= 4 is 32.7 Å². The lowest BCUT2D eigenvalue weighted by molar-refractivity contribution is 0.235. The average Bonchev–Trinajstić information content (AvgIpc) is 3.08. The molecule has 1 heterocycles. The number of hydrogen-bond acceptors (Lipinski definition) is 3. The quantitative estimate of drug-likeness (QED) is 0.854. The second-order valence-corrected chi connectivity index (χ2v) is 8.00. The molecule has 7 heteroatoms. The molecule has 2 amide bonds. The number of fused-ring (bicyclic) bond motifs is 3. The van der Waals surface area contributed by atoms with Crippen LogP contribution in [0, 0.1) is 29.4 Å². The highest BCUT2D eigenvalue weighted by molar-refractivity contribution is 7.22. The van der Waals surface area contributed by atoms with Crippen LogP contribution in [-0.2, 0) is 0 Å². The van der Waals surface area contributed by atoms with Crippen molar-refractivity contribution in [1.82, 2.24) is 10.3 Å². The van der Waals surface area contributed by atoms with E-state index in [2.05, 4.69) is 15.6 Å². The van der Waals surface area contributed by atoms with E-state index in [1.54, 1.807) is 0 Å².